The summed E-state index contributed by atoms with van der Waals surface area (Å²) in [5, 5.41) is 54.5. The van der Waals surface area contributed by atoms with Crippen molar-refractivity contribution < 1.29 is 29.9 Å². The van der Waals surface area contributed by atoms with Gasteiger partial charge in [-0.2, -0.15) is 0 Å². The van der Waals surface area contributed by atoms with Crippen LogP contribution in [0, 0.1) is 6.92 Å². The van der Waals surface area contributed by atoms with Gasteiger partial charge in [0.2, 0.25) is 12.2 Å². The van der Waals surface area contributed by atoms with Gasteiger partial charge < -0.3 is 40.5 Å². The van der Waals surface area contributed by atoms with Crippen molar-refractivity contribution >= 4 is 6.08 Å². The molecule has 2 aliphatic rings. The van der Waals surface area contributed by atoms with Crippen molar-refractivity contribution in [3.63, 3.8) is 0 Å². The van der Waals surface area contributed by atoms with E-state index in [0.29, 0.717) is 6.42 Å². The summed E-state index contributed by atoms with van der Waals surface area (Å²) in [6, 6.07) is 6.36. The first-order valence-corrected chi connectivity index (χ1v) is 13.9. The van der Waals surface area contributed by atoms with Crippen LogP contribution in [0.4, 0.5) is 0 Å². The maximum atomic E-state index is 10.4. The molecular formula is C29H44N4O6. The fourth-order valence-corrected chi connectivity index (χ4v) is 5.07. The molecule has 2 saturated heterocycles. The molecule has 1 unspecified atom stereocenters. The number of aryl methyl sites for hydroxylation is 1. The molecule has 0 amide bonds. The number of nitrogens with zero attached hydrogens (tertiary/aromatic N) is 1. The van der Waals surface area contributed by atoms with E-state index in [9.17, 15) is 20.4 Å². The lowest BCUT2D eigenvalue weighted by Gasteiger charge is -2.40. The smallest absolute Gasteiger partial charge is 0.238 e. The van der Waals surface area contributed by atoms with E-state index in [2.05, 4.69) is 65.0 Å². The number of ether oxygens (including phenoxy) is 2. The SMILES string of the molecule is Cc1cc(/C=C/CCNCC2(C)CCN2)ccc1Cc1c(O[C@@H]2O[C@H](CO)[C@@H](O)[C@H](O)[C@H]2O)n[nH]c1C(C)C. The molecule has 0 aliphatic carbocycles. The normalized spacial score (nSPS) is 29.2. The lowest BCUT2D eigenvalue weighted by atomic mass is 9.90. The number of nitrogens with one attached hydrogen (secondary N) is 3. The molecule has 0 radical (unpaired) electrons. The molecule has 10 heteroatoms. The molecule has 0 saturated carbocycles. The Morgan fingerprint density at radius 2 is 2.00 bits per heavy atom. The zero-order valence-corrected chi connectivity index (χ0v) is 23.4. The van der Waals surface area contributed by atoms with Crippen LogP contribution in [0.3, 0.4) is 0 Å². The average Bonchev–Trinajstić information content (AvgIpc) is 3.29. The Morgan fingerprint density at radius 3 is 2.64 bits per heavy atom. The molecule has 216 valence electrons. The van der Waals surface area contributed by atoms with Crippen LogP contribution < -0.4 is 15.4 Å². The Hall–Kier alpha value is -2.31. The molecule has 3 heterocycles. The first kappa shape index (κ1) is 29.7. The van der Waals surface area contributed by atoms with E-state index in [1.807, 2.05) is 13.8 Å². The van der Waals surface area contributed by atoms with Gasteiger partial charge in [0.1, 0.15) is 24.4 Å². The number of benzene rings is 1. The Balaban J connectivity index is 1.41. The Bertz CT molecular complexity index is 1110. The van der Waals surface area contributed by atoms with Gasteiger partial charge in [-0.05, 0) is 62.4 Å². The summed E-state index contributed by atoms with van der Waals surface area (Å²) in [4.78, 5) is 0. The third-order valence-electron chi connectivity index (χ3n) is 7.79. The van der Waals surface area contributed by atoms with Gasteiger partial charge in [0.15, 0.2) is 0 Å². The van der Waals surface area contributed by atoms with Gasteiger partial charge in [-0.15, -0.1) is 5.10 Å². The fourth-order valence-electron chi connectivity index (χ4n) is 5.07. The standard InChI is InChI=1S/C29H44N4O6/c1-17(2)23-21(27(33-32-23)39-28-26(37)25(36)24(35)22(15-34)38-28)14-20-9-8-19(13-18(20)3)7-5-6-11-30-16-29(4)10-12-31-29/h5,7-9,13,17,22,24-26,28,30-31,34-37H,6,10-12,14-16H2,1-4H3,(H,32,33)/b7-5+/t22-,24-,25+,26-,28+,29?/m1/s1. The van der Waals surface area contributed by atoms with E-state index >= 15 is 0 Å². The second kappa shape index (κ2) is 12.9. The number of hydrogen-bond donors (Lipinski definition) is 7. The van der Waals surface area contributed by atoms with Crippen molar-refractivity contribution in [3.8, 4) is 5.88 Å². The molecule has 4 rings (SSSR count). The van der Waals surface area contributed by atoms with Crippen molar-refractivity contribution in [1.82, 2.24) is 20.8 Å². The van der Waals surface area contributed by atoms with Crippen LogP contribution in [0.1, 0.15) is 67.5 Å². The van der Waals surface area contributed by atoms with Crippen LogP contribution in [-0.4, -0.2) is 93.1 Å². The van der Waals surface area contributed by atoms with Gasteiger partial charge in [-0.25, -0.2) is 0 Å². The largest absolute Gasteiger partial charge is 0.443 e. The molecule has 2 aromatic rings. The van der Waals surface area contributed by atoms with Crippen molar-refractivity contribution in [2.75, 3.05) is 26.2 Å². The lowest BCUT2D eigenvalue weighted by molar-refractivity contribution is -0.278. The maximum Gasteiger partial charge on any atom is 0.238 e. The monoisotopic (exact) mass is 544 g/mol. The van der Waals surface area contributed by atoms with Crippen LogP contribution in [0.2, 0.25) is 0 Å². The van der Waals surface area contributed by atoms with E-state index in [0.717, 1.165) is 54.0 Å². The number of aliphatic hydroxyl groups excluding tert-OH is 4. The fraction of sp³-hybridized carbons (Fsp3) is 0.621. The summed E-state index contributed by atoms with van der Waals surface area (Å²) in [5.41, 5.74) is 5.36. The minimum Gasteiger partial charge on any atom is -0.443 e. The molecule has 6 atom stereocenters. The van der Waals surface area contributed by atoms with Gasteiger partial charge in [-0.1, -0.05) is 44.2 Å². The van der Waals surface area contributed by atoms with E-state index in [1.165, 1.54) is 6.42 Å². The zero-order chi connectivity index (χ0) is 28.2. The summed E-state index contributed by atoms with van der Waals surface area (Å²) < 4.78 is 11.5. The zero-order valence-electron chi connectivity index (χ0n) is 23.4. The average molecular weight is 545 g/mol. The molecule has 1 aromatic carbocycles. The number of aliphatic hydroxyl groups is 4. The van der Waals surface area contributed by atoms with Crippen LogP contribution in [0.25, 0.3) is 6.08 Å². The maximum absolute atomic E-state index is 10.4. The number of hydrogen-bond acceptors (Lipinski definition) is 9. The molecule has 2 aliphatic heterocycles. The number of rotatable bonds is 12. The van der Waals surface area contributed by atoms with Gasteiger partial charge in [0.25, 0.3) is 0 Å². The minimum absolute atomic E-state index is 0.137. The van der Waals surface area contributed by atoms with Crippen molar-refractivity contribution in [2.45, 2.75) is 89.1 Å². The summed E-state index contributed by atoms with van der Waals surface area (Å²) >= 11 is 0. The van der Waals surface area contributed by atoms with Gasteiger partial charge in [-0.3, -0.25) is 5.10 Å². The van der Waals surface area contributed by atoms with Crippen LogP contribution >= 0.6 is 0 Å². The predicted molar refractivity (Wildman–Crippen MR) is 149 cm³/mol. The highest BCUT2D eigenvalue weighted by Crippen LogP contribution is 2.32. The topological polar surface area (TPSA) is 152 Å². The van der Waals surface area contributed by atoms with E-state index in [4.69, 9.17) is 9.47 Å². The summed E-state index contributed by atoms with van der Waals surface area (Å²) in [6.45, 7) is 10.9. The molecule has 0 bridgehead atoms. The second-order valence-electron chi connectivity index (χ2n) is 11.4. The van der Waals surface area contributed by atoms with Crippen molar-refractivity contribution in [3.05, 3.63) is 52.2 Å². The van der Waals surface area contributed by atoms with Crippen LogP contribution in [-0.2, 0) is 11.2 Å². The van der Waals surface area contributed by atoms with Crippen molar-refractivity contribution in [2.24, 2.45) is 0 Å². The van der Waals surface area contributed by atoms with Gasteiger partial charge >= 0.3 is 0 Å². The highest BCUT2D eigenvalue weighted by molar-refractivity contribution is 5.52. The van der Waals surface area contributed by atoms with Crippen LogP contribution in [0.15, 0.2) is 24.3 Å². The lowest BCUT2D eigenvalue weighted by Crippen LogP contribution is -2.60. The second-order valence-corrected chi connectivity index (χ2v) is 11.4. The summed E-state index contributed by atoms with van der Waals surface area (Å²) in [6.07, 6.45) is 0.246. The molecular weight excluding hydrogens is 500 g/mol. The first-order valence-electron chi connectivity index (χ1n) is 13.9. The minimum atomic E-state index is -1.52. The number of H-pyrrole nitrogens is 1. The van der Waals surface area contributed by atoms with Crippen LogP contribution in [0.5, 0.6) is 5.88 Å². The van der Waals surface area contributed by atoms with Gasteiger partial charge in [0, 0.05) is 29.8 Å². The third kappa shape index (κ3) is 7.07. The van der Waals surface area contributed by atoms with E-state index in [1.54, 1.807) is 0 Å². The molecule has 1 aromatic heterocycles. The molecule has 7 N–H and O–H groups in total. The number of aromatic nitrogens is 2. The first-order chi connectivity index (χ1) is 18.6. The highest BCUT2D eigenvalue weighted by Gasteiger charge is 2.45. The predicted octanol–water partition coefficient (Wildman–Crippen LogP) is 1.36. The molecule has 0 spiro atoms. The van der Waals surface area contributed by atoms with E-state index in [-0.39, 0.29) is 17.3 Å². The molecule has 2 fully saturated rings. The quantitative estimate of drug-likeness (QED) is 0.196. The Labute approximate surface area is 230 Å². The Morgan fingerprint density at radius 1 is 1.23 bits per heavy atom. The summed E-state index contributed by atoms with van der Waals surface area (Å²) in [5.74, 6) is 0.392. The van der Waals surface area contributed by atoms with Gasteiger partial charge in [0.05, 0.1) is 6.61 Å². The van der Waals surface area contributed by atoms with E-state index < -0.39 is 37.3 Å². The summed E-state index contributed by atoms with van der Waals surface area (Å²) in [7, 11) is 0. The Kier molecular flexibility index (Phi) is 9.82. The third-order valence-corrected chi connectivity index (χ3v) is 7.79. The highest BCUT2D eigenvalue weighted by atomic mass is 16.7. The molecule has 39 heavy (non-hydrogen) atoms. The number of aromatic amines is 1. The molecule has 10 nitrogen and oxygen atoms in total. The van der Waals surface area contributed by atoms with Crippen molar-refractivity contribution in [1.29, 1.82) is 0 Å².